The second kappa shape index (κ2) is 11.6. The van der Waals surface area contributed by atoms with Crippen LogP contribution in [0.3, 0.4) is 0 Å². The molecule has 3 aliphatic rings. The highest BCUT2D eigenvalue weighted by Crippen LogP contribution is 2.34. The van der Waals surface area contributed by atoms with E-state index in [-0.39, 0.29) is 48.1 Å². The largest absolute Gasteiger partial charge is 0.614 e. The molecule has 3 aliphatic heterocycles. The standard InChI is InChI=1S/C20H33F3N4O3S2/c21-20(22,23)14-6-7-17(26-12-14)32(29,30)11-10-31-19-16(5-3-9-25-19)18(28)27-13-15-4-1-2-8-24-15/h14,16-17,19,25-26H,1-13H2,(H-,27,28,29,30). The number of nitrogens with one attached hydrogen (secondary N) is 3. The van der Waals surface area contributed by atoms with E-state index in [1.165, 1.54) is 11.8 Å². The quantitative estimate of drug-likeness (QED) is 0.444. The maximum absolute atomic E-state index is 12.8. The first-order valence-electron chi connectivity index (χ1n) is 11.3. The number of halogens is 3. The van der Waals surface area contributed by atoms with Gasteiger partial charge in [-0.05, 0) is 45.1 Å². The number of hydrogen-bond donors (Lipinski definition) is 3. The van der Waals surface area contributed by atoms with Crippen LogP contribution in [-0.4, -0.2) is 70.8 Å². The minimum atomic E-state index is -4.30. The first-order valence-corrected chi connectivity index (χ1v) is 14.1. The predicted octanol–water partition coefficient (Wildman–Crippen LogP) is 2.30. The molecular weight excluding hydrogens is 465 g/mol. The Hall–Kier alpha value is -0.690. The van der Waals surface area contributed by atoms with E-state index in [1.807, 2.05) is 0 Å². The van der Waals surface area contributed by atoms with Gasteiger partial charge in [0.05, 0.1) is 34.0 Å². The van der Waals surface area contributed by atoms with Gasteiger partial charge in [0.1, 0.15) is 5.75 Å². The number of hydrogen-bond acceptors (Lipinski definition) is 7. The van der Waals surface area contributed by atoms with Crippen molar-refractivity contribution in [2.75, 3.05) is 37.7 Å². The zero-order valence-electron chi connectivity index (χ0n) is 18.1. The van der Waals surface area contributed by atoms with E-state index in [4.69, 9.17) is 0 Å². The van der Waals surface area contributed by atoms with Crippen molar-refractivity contribution in [1.29, 1.82) is 0 Å². The minimum absolute atomic E-state index is 0.0340. The lowest BCUT2D eigenvalue weighted by atomic mass is 9.98. The van der Waals surface area contributed by atoms with Crippen LogP contribution >= 0.6 is 11.8 Å². The van der Waals surface area contributed by atoms with Gasteiger partial charge in [-0.3, -0.25) is 15.1 Å². The van der Waals surface area contributed by atoms with Crippen molar-refractivity contribution in [3.8, 4) is 0 Å². The van der Waals surface area contributed by atoms with Crippen LogP contribution < -0.4 is 16.0 Å². The van der Waals surface area contributed by atoms with E-state index >= 15 is 0 Å². The average molecular weight is 499 g/mol. The molecule has 5 unspecified atom stereocenters. The molecule has 2 saturated heterocycles. The van der Waals surface area contributed by atoms with Gasteiger partial charge in [-0.2, -0.15) is 13.2 Å². The Kier molecular flexibility index (Phi) is 9.42. The molecular formula is C20H33F3N4O3S2. The number of rotatable bonds is 8. The Balaban J connectivity index is 1.44. The summed E-state index contributed by atoms with van der Waals surface area (Å²) in [4.78, 5) is 17.2. The van der Waals surface area contributed by atoms with Crippen LogP contribution in [0.4, 0.5) is 13.2 Å². The number of alkyl halides is 3. The van der Waals surface area contributed by atoms with Crippen molar-refractivity contribution in [1.82, 2.24) is 16.0 Å². The molecule has 0 saturated carbocycles. The highest BCUT2D eigenvalue weighted by atomic mass is 32.3. The van der Waals surface area contributed by atoms with Crippen molar-refractivity contribution in [2.24, 2.45) is 16.8 Å². The molecule has 0 radical (unpaired) electrons. The van der Waals surface area contributed by atoms with Gasteiger partial charge in [0, 0.05) is 31.0 Å². The van der Waals surface area contributed by atoms with E-state index in [1.54, 1.807) is 0 Å². The molecule has 0 aromatic carbocycles. The van der Waals surface area contributed by atoms with Crippen molar-refractivity contribution >= 4 is 33.6 Å². The van der Waals surface area contributed by atoms with Gasteiger partial charge >= 0.3 is 6.18 Å². The van der Waals surface area contributed by atoms with Crippen LogP contribution in [0.2, 0.25) is 0 Å². The molecule has 0 aromatic rings. The third-order valence-corrected chi connectivity index (χ3v) is 9.94. The first kappa shape index (κ1) is 25.9. The van der Waals surface area contributed by atoms with E-state index < -0.39 is 27.7 Å². The fraction of sp³-hybridized carbons (Fsp3) is 0.900. The number of sulfone groups is 1. The molecule has 32 heavy (non-hydrogen) atoms. The topological polar surface area (TPSA) is 106 Å². The fourth-order valence-electron chi connectivity index (χ4n) is 4.38. The predicted molar refractivity (Wildman–Crippen MR) is 120 cm³/mol. The first-order chi connectivity index (χ1) is 15.2. The second-order valence-corrected chi connectivity index (χ2v) is 12.2. The third kappa shape index (κ3) is 7.41. The number of amides is 1. The second-order valence-electron chi connectivity index (χ2n) is 8.70. The van der Waals surface area contributed by atoms with Crippen LogP contribution in [-0.2, 0) is 19.2 Å². The summed E-state index contributed by atoms with van der Waals surface area (Å²) in [5.41, 5.74) is 1.02. The SMILES string of the molecule is O=C(NCC1=NCCCC1)C1CCCNC1SCC[S+](=O)([O-])C1CCC(C(F)(F)F)CN1. The van der Waals surface area contributed by atoms with E-state index in [2.05, 4.69) is 20.9 Å². The highest BCUT2D eigenvalue weighted by Gasteiger charge is 2.44. The van der Waals surface area contributed by atoms with Crippen LogP contribution in [0, 0.1) is 11.8 Å². The molecule has 1 amide bonds. The molecule has 3 rings (SSSR count). The maximum Gasteiger partial charge on any atom is 0.393 e. The molecule has 2 fully saturated rings. The Morgan fingerprint density at radius 3 is 2.69 bits per heavy atom. The van der Waals surface area contributed by atoms with Gasteiger partial charge in [-0.25, -0.2) is 0 Å². The van der Waals surface area contributed by atoms with Crippen LogP contribution in [0.5, 0.6) is 0 Å². The summed E-state index contributed by atoms with van der Waals surface area (Å²) in [6.45, 7) is 1.69. The summed E-state index contributed by atoms with van der Waals surface area (Å²) < 4.78 is 63.6. The lowest BCUT2D eigenvalue weighted by Gasteiger charge is -2.34. The van der Waals surface area contributed by atoms with Gasteiger partial charge in [-0.15, -0.1) is 16.0 Å². The van der Waals surface area contributed by atoms with Gasteiger partial charge in [0.2, 0.25) is 5.91 Å². The highest BCUT2D eigenvalue weighted by molar-refractivity contribution is 8.02. The molecule has 0 aliphatic carbocycles. The summed E-state index contributed by atoms with van der Waals surface area (Å²) in [6.07, 6.45) is 0.199. The molecule has 3 heterocycles. The summed E-state index contributed by atoms with van der Waals surface area (Å²) in [7, 11) is -3.56. The Morgan fingerprint density at radius 1 is 1.22 bits per heavy atom. The Labute approximate surface area is 192 Å². The molecule has 0 spiro atoms. The zero-order valence-corrected chi connectivity index (χ0v) is 19.8. The molecule has 0 aromatic heterocycles. The van der Waals surface area contributed by atoms with Gasteiger partial charge < -0.3 is 15.2 Å². The fourth-order valence-corrected chi connectivity index (χ4v) is 7.80. The summed E-state index contributed by atoms with van der Waals surface area (Å²) in [5, 5.41) is 7.75. The smallest absolute Gasteiger partial charge is 0.393 e. The number of aliphatic imine (C=N–C) groups is 1. The normalized spacial score (nSPS) is 31.4. The molecule has 3 N–H and O–H groups in total. The lowest BCUT2D eigenvalue weighted by molar-refractivity contribution is -0.178. The van der Waals surface area contributed by atoms with Crippen LogP contribution in [0.25, 0.3) is 0 Å². The third-order valence-electron chi connectivity index (χ3n) is 6.35. The van der Waals surface area contributed by atoms with Gasteiger partial charge in [-0.1, -0.05) is 0 Å². The zero-order chi connectivity index (χ0) is 23.2. The minimum Gasteiger partial charge on any atom is -0.614 e. The maximum atomic E-state index is 12.8. The Bertz CT molecular complexity index is 715. The monoisotopic (exact) mass is 498 g/mol. The van der Waals surface area contributed by atoms with Crippen molar-refractivity contribution in [2.45, 2.75) is 61.9 Å². The lowest BCUT2D eigenvalue weighted by Crippen LogP contribution is -2.51. The number of thioether (sulfide) groups is 1. The van der Waals surface area contributed by atoms with Crippen molar-refractivity contribution in [3.05, 3.63) is 0 Å². The summed E-state index contributed by atoms with van der Waals surface area (Å²) >= 11 is 1.40. The van der Waals surface area contributed by atoms with Crippen LogP contribution in [0.15, 0.2) is 4.99 Å². The number of nitrogens with zero attached hydrogens (tertiary/aromatic N) is 1. The molecule has 0 bridgehead atoms. The Morgan fingerprint density at radius 2 is 2.03 bits per heavy atom. The van der Waals surface area contributed by atoms with Crippen molar-refractivity contribution < 1.29 is 26.7 Å². The average Bonchev–Trinajstić information content (AvgIpc) is 2.78. The number of carbonyl (C=O) groups is 1. The van der Waals surface area contributed by atoms with Crippen molar-refractivity contribution in [3.63, 3.8) is 0 Å². The summed E-state index contributed by atoms with van der Waals surface area (Å²) in [6, 6.07) is 0. The van der Waals surface area contributed by atoms with E-state index in [0.717, 1.165) is 50.9 Å². The number of carbonyl (C=O) groups excluding carboxylic acids is 1. The molecule has 5 atom stereocenters. The van der Waals surface area contributed by atoms with E-state index in [0.29, 0.717) is 6.54 Å². The molecule has 7 nitrogen and oxygen atoms in total. The van der Waals surface area contributed by atoms with Gasteiger partial charge in [0.15, 0.2) is 5.37 Å². The molecule has 184 valence electrons. The molecule has 12 heteroatoms. The van der Waals surface area contributed by atoms with E-state index in [9.17, 15) is 26.7 Å². The number of piperidine rings is 2. The van der Waals surface area contributed by atoms with Gasteiger partial charge in [0.25, 0.3) is 0 Å². The van der Waals surface area contributed by atoms with Crippen LogP contribution in [0.1, 0.15) is 44.9 Å². The summed E-state index contributed by atoms with van der Waals surface area (Å²) in [5.74, 6) is -1.63.